The second kappa shape index (κ2) is 5.06. The van der Waals surface area contributed by atoms with E-state index in [4.69, 9.17) is 0 Å². The highest BCUT2D eigenvalue weighted by Gasteiger charge is 2.27. The molecule has 8 heteroatoms. The second-order valence-corrected chi connectivity index (χ2v) is 8.31. The summed E-state index contributed by atoms with van der Waals surface area (Å²) in [4.78, 5) is 16.8. The predicted octanol–water partition coefficient (Wildman–Crippen LogP) is 2.08. The van der Waals surface area contributed by atoms with E-state index in [-0.39, 0.29) is 17.2 Å². The smallest absolute Gasteiger partial charge is 0.265 e. The van der Waals surface area contributed by atoms with Gasteiger partial charge in [0.15, 0.2) is 5.13 Å². The van der Waals surface area contributed by atoms with Crippen molar-refractivity contribution in [2.24, 2.45) is 0 Å². The zero-order chi connectivity index (χ0) is 16.1. The lowest BCUT2D eigenvalue weighted by atomic mass is 10.2. The molecule has 22 heavy (non-hydrogen) atoms. The summed E-state index contributed by atoms with van der Waals surface area (Å²) >= 11 is 1.34. The quantitative estimate of drug-likeness (QED) is 0.930. The summed E-state index contributed by atoms with van der Waals surface area (Å²) in [6.45, 7) is 3.76. The zero-order valence-corrected chi connectivity index (χ0v) is 14.0. The molecule has 2 aromatic rings. The average molecular weight is 337 g/mol. The number of carbonyl (C=O) groups is 1. The Hall–Kier alpha value is -1.93. The summed E-state index contributed by atoms with van der Waals surface area (Å²) in [6, 6.07) is 4.68. The van der Waals surface area contributed by atoms with Crippen molar-refractivity contribution in [3.8, 4) is 0 Å². The first kappa shape index (κ1) is 15.0. The molecule has 0 saturated heterocycles. The van der Waals surface area contributed by atoms with E-state index in [9.17, 15) is 13.2 Å². The third-order valence-corrected chi connectivity index (χ3v) is 6.66. The number of aryl methyl sites for hydroxylation is 2. The molecule has 1 aliphatic heterocycles. The molecule has 0 saturated carbocycles. The van der Waals surface area contributed by atoms with Gasteiger partial charge < -0.3 is 5.32 Å². The third kappa shape index (κ3) is 2.38. The molecule has 0 unspecified atom stereocenters. The van der Waals surface area contributed by atoms with Crippen molar-refractivity contribution in [2.75, 3.05) is 16.7 Å². The highest BCUT2D eigenvalue weighted by molar-refractivity contribution is 7.93. The van der Waals surface area contributed by atoms with Crippen LogP contribution < -0.4 is 9.62 Å². The zero-order valence-electron chi connectivity index (χ0n) is 12.4. The van der Waals surface area contributed by atoms with E-state index in [2.05, 4.69) is 10.3 Å². The molecule has 1 aromatic heterocycles. The van der Waals surface area contributed by atoms with Crippen LogP contribution in [0.5, 0.6) is 0 Å². The number of rotatable bonds is 3. The van der Waals surface area contributed by atoms with Gasteiger partial charge >= 0.3 is 0 Å². The van der Waals surface area contributed by atoms with Gasteiger partial charge in [0.2, 0.25) is 5.91 Å². The minimum absolute atomic E-state index is 0.121. The van der Waals surface area contributed by atoms with Crippen molar-refractivity contribution in [3.63, 3.8) is 0 Å². The van der Waals surface area contributed by atoms with E-state index in [0.29, 0.717) is 16.4 Å². The molecule has 1 amide bonds. The van der Waals surface area contributed by atoms with Gasteiger partial charge in [-0.2, -0.15) is 0 Å². The van der Waals surface area contributed by atoms with Crippen molar-refractivity contribution >= 4 is 38.1 Å². The Balaban J connectivity index is 1.99. The summed E-state index contributed by atoms with van der Waals surface area (Å²) in [7, 11) is -2.20. The number of amides is 1. The van der Waals surface area contributed by atoms with Gasteiger partial charge in [0.1, 0.15) is 0 Å². The summed E-state index contributed by atoms with van der Waals surface area (Å²) in [5.74, 6) is -0.121. The van der Waals surface area contributed by atoms with E-state index in [0.717, 1.165) is 10.6 Å². The normalized spacial score (nSPS) is 13.9. The molecule has 1 N–H and O–H groups in total. The van der Waals surface area contributed by atoms with Crippen LogP contribution in [0.1, 0.15) is 16.1 Å². The molecule has 0 fully saturated rings. The van der Waals surface area contributed by atoms with E-state index < -0.39 is 10.0 Å². The molecule has 0 bridgehead atoms. The number of thiazole rings is 1. The summed E-state index contributed by atoms with van der Waals surface area (Å²) in [5.41, 5.74) is 2.20. The minimum Gasteiger partial charge on any atom is -0.326 e. The van der Waals surface area contributed by atoms with Gasteiger partial charge in [-0.3, -0.25) is 4.79 Å². The molecule has 1 aliphatic rings. The first-order valence-corrected chi connectivity index (χ1v) is 8.90. The van der Waals surface area contributed by atoms with Crippen molar-refractivity contribution < 1.29 is 13.2 Å². The van der Waals surface area contributed by atoms with Crippen LogP contribution in [0, 0.1) is 13.8 Å². The molecule has 2 heterocycles. The Morgan fingerprint density at radius 2 is 2.05 bits per heavy atom. The number of carbonyl (C=O) groups excluding carboxylic acids is 1. The minimum atomic E-state index is -3.69. The number of hydrogen-bond acceptors (Lipinski definition) is 5. The molecule has 3 rings (SSSR count). The molecule has 1 aromatic carbocycles. The Morgan fingerprint density at radius 3 is 2.68 bits per heavy atom. The lowest BCUT2D eigenvalue weighted by Gasteiger charge is -2.16. The van der Waals surface area contributed by atoms with Gasteiger partial charge in [-0.1, -0.05) is 0 Å². The average Bonchev–Trinajstić information content (AvgIpc) is 2.99. The highest BCUT2D eigenvalue weighted by Crippen LogP contribution is 2.31. The number of hydrogen-bond donors (Lipinski definition) is 1. The van der Waals surface area contributed by atoms with E-state index >= 15 is 0 Å². The fourth-order valence-electron chi connectivity index (χ4n) is 2.22. The van der Waals surface area contributed by atoms with Crippen molar-refractivity contribution in [1.82, 2.24) is 4.98 Å². The SMILES string of the molecule is Cc1nc(N(C)S(=O)(=O)c2ccc3c(c2)CC(=O)N3)sc1C. The largest absolute Gasteiger partial charge is 0.326 e. The van der Waals surface area contributed by atoms with Gasteiger partial charge in [-0.05, 0) is 37.6 Å². The van der Waals surface area contributed by atoms with E-state index in [1.54, 1.807) is 12.1 Å². The lowest BCUT2D eigenvalue weighted by molar-refractivity contribution is -0.115. The molecular weight excluding hydrogens is 322 g/mol. The molecule has 0 atom stereocenters. The van der Waals surface area contributed by atoms with Crippen LogP contribution in [0.4, 0.5) is 10.8 Å². The van der Waals surface area contributed by atoms with Gasteiger partial charge in [0.25, 0.3) is 10.0 Å². The number of sulfonamides is 1. The van der Waals surface area contributed by atoms with Crippen LogP contribution in [-0.4, -0.2) is 26.4 Å². The topological polar surface area (TPSA) is 79.4 Å². The molecular formula is C14H15N3O3S2. The van der Waals surface area contributed by atoms with E-state index in [1.807, 2.05) is 13.8 Å². The Kier molecular flexibility index (Phi) is 3.45. The van der Waals surface area contributed by atoms with Gasteiger partial charge in [0, 0.05) is 17.6 Å². The molecule has 0 spiro atoms. The number of nitrogens with one attached hydrogen (secondary N) is 1. The molecule has 116 valence electrons. The third-order valence-electron chi connectivity index (χ3n) is 3.65. The maximum Gasteiger partial charge on any atom is 0.265 e. The van der Waals surface area contributed by atoms with Gasteiger partial charge in [-0.25, -0.2) is 17.7 Å². The Morgan fingerprint density at radius 1 is 1.32 bits per heavy atom. The van der Waals surface area contributed by atoms with Crippen LogP contribution in [0.3, 0.4) is 0 Å². The summed E-state index contributed by atoms with van der Waals surface area (Å²) < 4.78 is 26.6. The summed E-state index contributed by atoms with van der Waals surface area (Å²) in [6.07, 6.45) is 0.206. The van der Waals surface area contributed by atoms with E-state index in [1.165, 1.54) is 28.8 Å². The fraction of sp³-hybridized carbons (Fsp3) is 0.286. The number of aromatic nitrogens is 1. The highest BCUT2D eigenvalue weighted by atomic mass is 32.2. The molecule has 6 nitrogen and oxygen atoms in total. The standard InChI is InChI=1S/C14H15N3O3S2/c1-8-9(2)21-14(15-8)17(3)22(19,20)11-4-5-12-10(6-11)7-13(18)16-12/h4-6H,7H2,1-3H3,(H,16,18). The second-order valence-electron chi connectivity index (χ2n) is 5.15. The van der Waals surface area contributed by atoms with Crippen molar-refractivity contribution in [3.05, 3.63) is 34.3 Å². The maximum absolute atomic E-state index is 12.7. The van der Waals surface area contributed by atoms with Crippen molar-refractivity contribution in [1.29, 1.82) is 0 Å². The molecule has 0 radical (unpaired) electrons. The number of anilines is 2. The first-order chi connectivity index (χ1) is 10.3. The van der Waals surface area contributed by atoms with Crippen molar-refractivity contribution in [2.45, 2.75) is 25.2 Å². The monoisotopic (exact) mass is 337 g/mol. The number of fused-ring (bicyclic) bond motifs is 1. The maximum atomic E-state index is 12.7. The van der Waals surface area contributed by atoms with Gasteiger partial charge in [-0.15, -0.1) is 11.3 Å². The van der Waals surface area contributed by atoms with Crippen LogP contribution in [0.25, 0.3) is 0 Å². The lowest BCUT2D eigenvalue weighted by Crippen LogP contribution is -2.26. The van der Waals surface area contributed by atoms with Crippen LogP contribution in [0.2, 0.25) is 0 Å². The Labute approximate surface area is 132 Å². The van der Waals surface area contributed by atoms with Crippen LogP contribution in [0.15, 0.2) is 23.1 Å². The van der Waals surface area contributed by atoms with Crippen LogP contribution in [-0.2, 0) is 21.2 Å². The predicted molar refractivity (Wildman–Crippen MR) is 86.0 cm³/mol. The van der Waals surface area contributed by atoms with Gasteiger partial charge in [0.05, 0.1) is 17.0 Å². The fourth-order valence-corrected chi connectivity index (χ4v) is 4.50. The molecule has 0 aliphatic carbocycles. The number of benzene rings is 1. The van der Waals surface area contributed by atoms with Crippen LogP contribution >= 0.6 is 11.3 Å². The number of nitrogens with zero attached hydrogens (tertiary/aromatic N) is 2. The first-order valence-electron chi connectivity index (χ1n) is 6.65. The summed E-state index contributed by atoms with van der Waals surface area (Å²) in [5, 5.41) is 3.13. The Bertz CT molecular complexity index is 852.